The van der Waals surface area contributed by atoms with Gasteiger partial charge in [-0.2, -0.15) is 5.10 Å². The highest BCUT2D eigenvalue weighted by Crippen LogP contribution is 2.42. The summed E-state index contributed by atoms with van der Waals surface area (Å²) in [5.41, 5.74) is 1.43. The van der Waals surface area contributed by atoms with Gasteiger partial charge in [-0.1, -0.05) is 71.7 Å². The maximum absolute atomic E-state index is 15.4. The first kappa shape index (κ1) is 29.9. The molecule has 2 atom stereocenters. The highest BCUT2D eigenvalue weighted by Gasteiger charge is 2.35. The Labute approximate surface area is 302 Å². The van der Waals surface area contributed by atoms with Crippen LogP contribution >= 0.6 is 23.2 Å². The smallest absolute Gasteiger partial charge is 0.415 e. The molecular weight excluding hydrogens is 691 g/mol. The average molecular weight is 727 g/mol. The van der Waals surface area contributed by atoms with Crippen LogP contribution in [0.25, 0.3) is 11.1 Å². The topological polar surface area (TPSA) is 103 Å². The first-order valence-electron chi connectivity index (χ1n) is 17.2. The van der Waals surface area contributed by atoms with Crippen LogP contribution in [0, 0.1) is 12.7 Å². The van der Waals surface area contributed by atoms with E-state index in [0.29, 0.717) is 16.7 Å². The number of hydrogen-bond donors (Lipinski definition) is 1. The summed E-state index contributed by atoms with van der Waals surface area (Å²) in [6, 6.07) is 18.2. The van der Waals surface area contributed by atoms with Crippen LogP contribution in [0.2, 0.25) is 10.0 Å². The molecule has 1 aliphatic rings. The number of amides is 1. The van der Waals surface area contributed by atoms with Gasteiger partial charge in [-0.05, 0) is 42.8 Å². The number of halogens is 4. The van der Waals surface area contributed by atoms with E-state index < -0.39 is 49.6 Å². The lowest BCUT2D eigenvalue weighted by atomic mass is 9.98. The number of para-hydroxylation sites is 1. The van der Waals surface area contributed by atoms with E-state index in [1.165, 1.54) is 53.3 Å². The highest BCUT2D eigenvalue weighted by atomic mass is 35.5. The van der Waals surface area contributed by atoms with Gasteiger partial charge in [0.05, 0.1) is 23.9 Å². The zero-order valence-electron chi connectivity index (χ0n) is 30.3. The number of aliphatic hydroxyl groups excluding tert-OH is 1. The Bertz CT molecular complexity index is 2190. The van der Waals surface area contributed by atoms with Crippen molar-refractivity contribution in [3.05, 3.63) is 129 Å². The fourth-order valence-electron chi connectivity index (χ4n) is 5.39. The molecule has 1 aliphatic heterocycles. The number of hydrogen-bond acceptors (Lipinski definition) is 7. The molecule has 1 amide bonds. The number of aromatic nitrogens is 2. The van der Waals surface area contributed by atoms with E-state index in [0.717, 1.165) is 11.0 Å². The third-order valence-electron chi connectivity index (χ3n) is 8.02. The Morgan fingerprint density at radius 3 is 2.62 bits per heavy atom. The molecular formula is C37H31Cl2F2N3O6. The van der Waals surface area contributed by atoms with Gasteiger partial charge in [0.15, 0.2) is 11.5 Å². The summed E-state index contributed by atoms with van der Waals surface area (Å²) in [6.45, 7) is -6.66. The highest BCUT2D eigenvalue weighted by molar-refractivity contribution is 6.31. The molecule has 0 saturated carbocycles. The molecule has 6 rings (SSSR count). The fraction of sp³-hybridized carbons (Fsp3) is 0.216. The number of aliphatic hydroxyl groups is 1. The summed E-state index contributed by atoms with van der Waals surface area (Å²) in [6.07, 6.45) is -0.0648. The lowest BCUT2D eigenvalue weighted by Gasteiger charge is -2.35. The Balaban J connectivity index is 1.22. The normalized spacial score (nSPS) is 16.2. The van der Waals surface area contributed by atoms with Crippen molar-refractivity contribution in [2.45, 2.75) is 25.6 Å². The molecule has 0 fully saturated rings. The molecule has 4 aromatic carbocycles. The van der Waals surface area contributed by atoms with Gasteiger partial charge >= 0.3 is 6.09 Å². The van der Waals surface area contributed by atoms with Crippen molar-refractivity contribution < 1.29 is 43.2 Å². The van der Waals surface area contributed by atoms with Crippen LogP contribution in [0.15, 0.2) is 91.3 Å². The second kappa shape index (κ2) is 15.3. The van der Waals surface area contributed by atoms with E-state index in [-0.39, 0.29) is 57.1 Å². The van der Waals surface area contributed by atoms with E-state index in [1.807, 2.05) is 0 Å². The summed E-state index contributed by atoms with van der Waals surface area (Å²) in [5.74, 6) is -1.38. The molecule has 0 spiro atoms. The van der Waals surface area contributed by atoms with Gasteiger partial charge in [0.25, 0.3) is 0 Å². The van der Waals surface area contributed by atoms with Crippen LogP contribution in [-0.2, 0) is 11.3 Å². The SMILES string of the molecule is [2H]C([2H])(OC(=O)N1c2cccc(-c3cnn(Cc4c(F)cc(C(O)C(=O)c5ccccc5)cc4Cl)c3)c2OCC1CF)C([2H])([2H])Oc1cccc(Cl)c1C. The van der Waals surface area contributed by atoms with Crippen LogP contribution in [0.5, 0.6) is 11.5 Å². The molecule has 1 aromatic heterocycles. The van der Waals surface area contributed by atoms with Crippen LogP contribution in [0.1, 0.15) is 38.6 Å². The number of benzene rings is 4. The minimum absolute atomic E-state index is 0.00963. The number of alkyl halides is 1. The Morgan fingerprint density at radius 2 is 1.86 bits per heavy atom. The van der Waals surface area contributed by atoms with Gasteiger partial charge in [0.2, 0.25) is 0 Å². The first-order chi connectivity index (χ1) is 25.6. The minimum atomic E-state index is -3.37. The predicted octanol–water partition coefficient (Wildman–Crippen LogP) is 8.02. The van der Waals surface area contributed by atoms with E-state index in [2.05, 4.69) is 5.10 Å². The average Bonchev–Trinajstić information content (AvgIpc) is 3.62. The number of fused-ring (bicyclic) bond motifs is 1. The van der Waals surface area contributed by atoms with Crippen LogP contribution in [0.4, 0.5) is 19.3 Å². The number of carbonyl (C=O) groups excluding carboxylic acids is 2. The number of ether oxygens (including phenoxy) is 3. The molecule has 0 bridgehead atoms. The number of anilines is 1. The van der Waals surface area contributed by atoms with Crippen molar-refractivity contribution >= 4 is 40.8 Å². The van der Waals surface area contributed by atoms with Crippen molar-refractivity contribution in [2.75, 3.05) is 31.3 Å². The van der Waals surface area contributed by atoms with Gasteiger partial charge in [-0.25, -0.2) is 13.6 Å². The maximum atomic E-state index is 15.4. The summed E-state index contributed by atoms with van der Waals surface area (Å²) >= 11 is 12.5. The summed E-state index contributed by atoms with van der Waals surface area (Å²) < 4.78 is 80.4. The van der Waals surface area contributed by atoms with E-state index in [1.54, 1.807) is 43.5 Å². The lowest BCUT2D eigenvalue weighted by Crippen LogP contribution is -2.48. The van der Waals surface area contributed by atoms with Crippen molar-refractivity contribution in [1.82, 2.24) is 9.78 Å². The van der Waals surface area contributed by atoms with Gasteiger partial charge in [-0.15, -0.1) is 0 Å². The van der Waals surface area contributed by atoms with Gasteiger partial charge < -0.3 is 19.3 Å². The molecule has 5 aromatic rings. The molecule has 1 N–H and O–H groups in total. The third kappa shape index (κ3) is 7.30. The molecule has 2 unspecified atom stereocenters. The Morgan fingerprint density at radius 1 is 1.08 bits per heavy atom. The zero-order chi connectivity index (χ0) is 38.9. The number of carbonyl (C=O) groups is 2. The predicted molar refractivity (Wildman–Crippen MR) is 185 cm³/mol. The van der Waals surface area contributed by atoms with Gasteiger partial charge in [0, 0.05) is 44.1 Å². The molecule has 0 aliphatic carbocycles. The van der Waals surface area contributed by atoms with E-state index in [4.69, 9.17) is 42.9 Å². The largest absolute Gasteiger partial charge is 0.490 e. The molecule has 258 valence electrons. The standard InChI is InChI=1S/C37H31Cl2F2N3O6/c1-22-29(38)10-6-12-33(22)48-13-14-49-37(47)44-26(17-40)21-50-36-27(9-5-11-32(36)44)25-18-42-43(19-25)20-28-30(39)15-24(16-31(28)41)35(46)34(45)23-7-3-2-4-8-23/h2-12,15-16,18-19,26,35,46H,13-14,17,20-21H2,1H3/i13D2,14D2. The summed E-state index contributed by atoms with van der Waals surface area (Å²) in [5, 5.41) is 15.1. The lowest BCUT2D eigenvalue weighted by molar-refractivity contribution is 0.0747. The number of ketones is 1. The molecule has 2 heterocycles. The van der Waals surface area contributed by atoms with Crippen molar-refractivity contribution in [3.8, 4) is 22.6 Å². The maximum Gasteiger partial charge on any atom is 0.415 e. The summed E-state index contributed by atoms with van der Waals surface area (Å²) in [7, 11) is 0. The molecule has 0 saturated heterocycles. The van der Waals surface area contributed by atoms with Crippen LogP contribution in [-0.4, -0.2) is 59.2 Å². The van der Waals surface area contributed by atoms with Gasteiger partial charge in [-0.3, -0.25) is 14.4 Å². The van der Waals surface area contributed by atoms with Crippen molar-refractivity contribution in [3.63, 3.8) is 0 Å². The summed E-state index contributed by atoms with van der Waals surface area (Å²) in [4.78, 5) is 27.1. The fourth-order valence-corrected chi connectivity index (χ4v) is 5.83. The molecule has 9 nitrogen and oxygen atoms in total. The van der Waals surface area contributed by atoms with Gasteiger partial charge in [0.1, 0.15) is 50.1 Å². The molecule has 13 heteroatoms. The van der Waals surface area contributed by atoms with E-state index >= 15 is 4.39 Å². The molecule has 50 heavy (non-hydrogen) atoms. The number of rotatable bonds is 11. The van der Waals surface area contributed by atoms with Crippen LogP contribution < -0.4 is 14.4 Å². The quantitative estimate of drug-likeness (QED) is 0.138. The Hall–Kier alpha value is -4.97. The van der Waals surface area contributed by atoms with Crippen LogP contribution in [0.3, 0.4) is 0 Å². The monoisotopic (exact) mass is 725 g/mol. The number of nitrogens with zero attached hydrogens (tertiary/aromatic N) is 3. The first-order valence-corrected chi connectivity index (χ1v) is 15.9. The minimum Gasteiger partial charge on any atom is -0.490 e. The Kier molecular flexibility index (Phi) is 9.14. The molecule has 0 radical (unpaired) electrons. The zero-order valence-corrected chi connectivity index (χ0v) is 27.8. The third-order valence-corrected chi connectivity index (χ3v) is 8.77. The second-order valence-corrected chi connectivity index (χ2v) is 12.0. The number of Topliss-reactive ketones (excluding diaryl/α,β-unsaturated/α-hetero) is 1. The van der Waals surface area contributed by atoms with Crippen molar-refractivity contribution in [2.24, 2.45) is 0 Å². The van der Waals surface area contributed by atoms with E-state index in [9.17, 15) is 19.1 Å². The van der Waals surface area contributed by atoms with Crippen molar-refractivity contribution in [1.29, 1.82) is 0 Å². The second-order valence-electron chi connectivity index (χ2n) is 11.2.